The molecule has 4 rings (SSSR count). The molecule has 7 heteroatoms. The van der Waals surface area contributed by atoms with Crippen molar-refractivity contribution in [1.82, 2.24) is 4.90 Å². The van der Waals surface area contributed by atoms with Crippen molar-refractivity contribution in [2.45, 2.75) is 28.5 Å². The van der Waals surface area contributed by atoms with Gasteiger partial charge in [0.2, 0.25) is 11.8 Å². The summed E-state index contributed by atoms with van der Waals surface area (Å²) < 4.78 is 0. The van der Waals surface area contributed by atoms with E-state index in [1.165, 1.54) is 0 Å². The van der Waals surface area contributed by atoms with Gasteiger partial charge in [0.25, 0.3) is 0 Å². The molecule has 3 fully saturated rings. The number of carbonyl (C=O) groups excluding carboxylic acids is 2. The van der Waals surface area contributed by atoms with Crippen LogP contribution >= 0.6 is 31.9 Å². The van der Waals surface area contributed by atoms with Gasteiger partial charge in [-0.05, 0) is 23.8 Å². The highest BCUT2D eigenvalue weighted by Crippen LogP contribution is 2.60. The van der Waals surface area contributed by atoms with Crippen LogP contribution in [-0.4, -0.2) is 43.5 Å². The van der Waals surface area contributed by atoms with Crippen LogP contribution in [0.5, 0.6) is 0 Å². The van der Waals surface area contributed by atoms with Crippen LogP contribution in [0.25, 0.3) is 0 Å². The third-order valence-corrected chi connectivity index (χ3v) is 9.10. The van der Waals surface area contributed by atoms with E-state index in [4.69, 9.17) is 0 Å². The Balaban J connectivity index is 1.65. The lowest BCUT2D eigenvalue weighted by molar-refractivity contribution is -0.155. The first-order valence-electron chi connectivity index (χ1n) is 8.33. The zero-order valence-corrected chi connectivity index (χ0v) is 16.4. The van der Waals surface area contributed by atoms with E-state index in [1.807, 2.05) is 30.3 Å². The highest BCUT2D eigenvalue weighted by Gasteiger charge is 2.67. The SMILES string of the molecule is O=C(O)[C@@H](Cc1ccccc1)N1C(=O)[C@@H]2[C@@H]3C[C@H]([C@H](Br)[C@@H]3Br)[C@@H]2C1=O. The lowest BCUT2D eigenvalue weighted by Crippen LogP contribution is -2.47. The summed E-state index contributed by atoms with van der Waals surface area (Å²) in [6.07, 6.45) is 0.973. The van der Waals surface area contributed by atoms with Crippen molar-refractivity contribution in [1.29, 1.82) is 0 Å². The van der Waals surface area contributed by atoms with E-state index in [0.29, 0.717) is 0 Å². The van der Waals surface area contributed by atoms with Gasteiger partial charge < -0.3 is 5.11 Å². The second-order valence-corrected chi connectivity index (χ2v) is 9.21. The first kappa shape index (κ1) is 17.2. The Hall–Kier alpha value is -1.21. The molecule has 1 aromatic rings. The standard InChI is InChI=1S/C18H17Br2NO4/c19-14-9-7-10(15(14)20)13-12(9)16(22)21(17(13)23)11(18(24)25)6-8-4-2-1-3-5-8/h1-5,9-15H,6-7H2,(H,24,25)/t9-,10-,11+,12-,13+,14-,15+/m0/s1. The molecule has 7 atom stereocenters. The quantitative estimate of drug-likeness (QED) is 0.541. The molecule has 0 spiro atoms. The summed E-state index contributed by atoms with van der Waals surface area (Å²) in [4.78, 5) is 39.1. The molecule has 1 aliphatic heterocycles. The van der Waals surface area contributed by atoms with E-state index in [1.54, 1.807) is 0 Å². The van der Waals surface area contributed by atoms with Crippen molar-refractivity contribution >= 4 is 49.6 Å². The highest BCUT2D eigenvalue weighted by atomic mass is 79.9. The van der Waals surface area contributed by atoms with Crippen molar-refractivity contribution in [3.63, 3.8) is 0 Å². The van der Waals surface area contributed by atoms with Gasteiger partial charge in [-0.25, -0.2) is 4.79 Å². The van der Waals surface area contributed by atoms with Crippen LogP contribution in [0.2, 0.25) is 0 Å². The summed E-state index contributed by atoms with van der Waals surface area (Å²) in [7, 11) is 0. The first-order valence-corrected chi connectivity index (χ1v) is 10.2. The fraction of sp³-hybridized carbons (Fsp3) is 0.500. The van der Waals surface area contributed by atoms with Crippen LogP contribution in [0.15, 0.2) is 30.3 Å². The second kappa shape index (κ2) is 6.20. The van der Waals surface area contributed by atoms with Crippen LogP contribution in [0.3, 0.4) is 0 Å². The number of aliphatic carboxylic acids is 1. The number of halogens is 2. The number of carbonyl (C=O) groups is 3. The summed E-state index contributed by atoms with van der Waals surface area (Å²) in [6, 6.07) is 7.97. The van der Waals surface area contributed by atoms with Gasteiger partial charge in [-0.15, -0.1) is 0 Å². The van der Waals surface area contributed by atoms with E-state index < -0.39 is 12.0 Å². The van der Waals surface area contributed by atoms with Crippen LogP contribution < -0.4 is 0 Å². The molecule has 3 aliphatic rings. The van der Waals surface area contributed by atoms with E-state index >= 15 is 0 Å². The van der Waals surface area contributed by atoms with E-state index in [9.17, 15) is 19.5 Å². The van der Waals surface area contributed by atoms with Crippen LogP contribution in [0, 0.1) is 23.7 Å². The van der Waals surface area contributed by atoms with Crippen LogP contribution in [0.1, 0.15) is 12.0 Å². The highest BCUT2D eigenvalue weighted by molar-refractivity contribution is 9.12. The fourth-order valence-electron chi connectivity index (χ4n) is 4.81. The molecule has 1 heterocycles. The number of carboxylic acid groups (broad SMARTS) is 1. The topological polar surface area (TPSA) is 74.7 Å². The third kappa shape index (κ3) is 2.50. The van der Waals surface area contributed by atoms with Crippen molar-refractivity contribution in [3.05, 3.63) is 35.9 Å². The first-order chi connectivity index (χ1) is 11.9. The number of benzene rings is 1. The second-order valence-electron chi connectivity index (χ2n) is 7.09. The van der Waals surface area contributed by atoms with Crippen LogP contribution in [0.4, 0.5) is 0 Å². The molecular weight excluding hydrogens is 454 g/mol. The molecule has 1 saturated heterocycles. The molecule has 2 bridgehead atoms. The summed E-state index contributed by atoms with van der Waals surface area (Å²) in [5.74, 6) is -2.34. The molecule has 5 nitrogen and oxygen atoms in total. The van der Waals surface area contributed by atoms with Gasteiger partial charge in [0, 0.05) is 16.1 Å². The van der Waals surface area contributed by atoms with Crippen molar-refractivity contribution < 1.29 is 19.5 Å². The monoisotopic (exact) mass is 469 g/mol. The van der Waals surface area contributed by atoms with E-state index in [-0.39, 0.29) is 51.6 Å². The molecule has 132 valence electrons. The molecule has 2 saturated carbocycles. The predicted octanol–water partition coefficient (Wildman–Crippen LogP) is 2.46. The number of amides is 2. The Morgan fingerprint density at radius 2 is 1.60 bits per heavy atom. The van der Waals surface area contributed by atoms with Gasteiger partial charge in [0.15, 0.2) is 0 Å². The number of fused-ring (bicyclic) bond motifs is 5. The molecule has 0 unspecified atom stereocenters. The van der Waals surface area contributed by atoms with Crippen molar-refractivity contribution in [2.24, 2.45) is 23.7 Å². The maximum absolute atomic E-state index is 13.0. The number of likely N-dealkylation sites (tertiary alicyclic amines) is 1. The summed E-state index contributed by atoms with van der Waals surface area (Å²) in [6.45, 7) is 0. The minimum absolute atomic E-state index is 0.0898. The predicted molar refractivity (Wildman–Crippen MR) is 97.4 cm³/mol. The maximum atomic E-state index is 13.0. The maximum Gasteiger partial charge on any atom is 0.327 e. The molecule has 0 radical (unpaired) electrons. The van der Waals surface area contributed by atoms with Gasteiger partial charge in [-0.1, -0.05) is 62.2 Å². The largest absolute Gasteiger partial charge is 0.480 e. The van der Waals surface area contributed by atoms with Gasteiger partial charge in [0.1, 0.15) is 6.04 Å². The lowest BCUT2D eigenvalue weighted by atomic mass is 9.81. The summed E-state index contributed by atoms with van der Waals surface area (Å²) in [5.41, 5.74) is 0.798. The number of rotatable bonds is 4. The minimum Gasteiger partial charge on any atom is -0.480 e. The fourth-order valence-corrected chi connectivity index (χ4v) is 6.68. The lowest BCUT2D eigenvalue weighted by Gasteiger charge is -2.28. The normalized spacial score (nSPS) is 37.4. The van der Waals surface area contributed by atoms with E-state index in [2.05, 4.69) is 31.9 Å². The Bertz CT molecular complexity index is 708. The van der Waals surface area contributed by atoms with Gasteiger partial charge in [0.05, 0.1) is 11.8 Å². The third-order valence-electron chi connectivity index (χ3n) is 5.89. The van der Waals surface area contributed by atoms with Crippen molar-refractivity contribution in [3.8, 4) is 0 Å². The number of hydrogen-bond donors (Lipinski definition) is 1. The average Bonchev–Trinajstić information content (AvgIpc) is 3.19. The molecule has 0 aromatic heterocycles. The molecule has 2 aliphatic carbocycles. The molecule has 2 amide bonds. The van der Waals surface area contributed by atoms with Gasteiger partial charge in [-0.2, -0.15) is 0 Å². The van der Waals surface area contributed by atoms with E-state index in [0.717, 1.165) is 16.9 Å². The molecule has 1 N–H and O–H groups in total. The Morgan fingerprint density at radius 1 is 1.08 bits per heavy atom. The molecule has 25 heavy (non-hydrogen) atoms. The smallest absolute Gasteiger partial charge is 0.327 e. The molecule has 1 aromatic carbocycles. The Kier molecular flexibility index (Phi) is 4.27. The summed E-state index contributed by atoms with van der Waals surface area (Å²) in [5, 5.41) is 9.68. The summed E-state index contributed by atoms with van der Waals surface area (Å²) >= 11 is 7.28. The minimum atomic E-state index is -1.14. The zero-order valence-electron chi connectivity index (χ0n) is 13.2. The number of alkyl halides is 2. The van der Waals surface area contributed by atoms with Crippen LogP contribution in [-0.2, 0) is 20.8 Å². The number of hydrogen-bond acceptors (Lipinski definition) is 3. The number of imide groups is 1. The van der Waals surface area contributed by atoms with Gasteiger partial charge in [-0.3, -0.25) is 14.5 Å². The van der Waals surface area contributed by atoms with Crippen molar-refractivity contribution in [2.75, 3.05) is 0 Å². The Morgan fingerprint density at radius 3 is 2.08 bits per heavy atom. The number of nitrogens with zero attached hydrogens (tertiary/aromatic N) is 1. The number of carboxylic acids is 1. The zero-order chi connectivity index (χ0) is 17.9. The molecular formula is C18H17Br2NO4. The van der Waals surface area contributed by atoms with Gasteiger partial charge >= 0.3 is 5.97 Å². The Labute approximate surface area is 162 Å². The average molecular weight is 471 g/mol.